The lowest BCUT2D eigenvalue weighted by atomic mass is 9.87. The van der Waals surface area contributed by atoms with Gasteiger partial charge in [0.15, 0.2) is 0 Å². The van der Waals surface area contributed by atoms with Gasteiger partial charge in [0.05, 0.1) is 6.67 Å². The van der Waals surface area contributed by atoms with Crippen LogP contribution in [0.15, 0.2) is 30.3 Å². The minimum atomic E-state index is -0.658. The third-order valence-corrected chi connectivity index (χ3v) is 6.50. The smallest absolute Gasteiger partial charge is 0.323 e. The van der Waals surface area contributed by atoms with Gasteiger partial charge in [-0.15, -0.1) is 0 Å². The van der Waals surface area contributed by atoms with Gasteiger partial charge in [-0.1, -0.05) is 30.3 Å². The lowest BCUT2D eigenvalue weighted by Crippen LogP contribution is -2.54. The third-order valence-electron chi connectivity index (χ3n) is 6.50. The highest BCUT2D eigenvalue weighted by Gasteiger charge is 2.52. The Hall–Kier alpha value is -1.92. The first-order valence-electron chi connectivity index (χ1n) is 10.1. The molecule has 3 aliphatic heterocycles. The van der Waals surface area contributed by atoms with Gasteiger partial charge in [-0.05, 0) is 50.6 Å². The molecule has 6 nitrogen and oxygen atoms in total. The second-order valence-corrected chi connectivity index (χ2v) is 8.44. The van der Waals surface area contributed by atoms with Crippen LogP contribution in [0, 0.1) is 5.92 Å². The molecule has 0 bridgehead atoms. The van der Waals surface area contributed by atoms with Gasteiger partial charge in [0.1, 0.15) is 5.54 Å². The fourth-order valence-corrected chi connectivity index (χ4v) is 4.62. The molecule has 1 N–H and O–H groups in total. The Morgan fingerprint density at radius 1 is 1.04 bits per heavy atom. The number of piperidine rings is 2. The average molecular weight is 370 g/mol. The normalized spacial score (nSPS) is 24.6. The molecule has 3 aliphatic rings. The van der Waals surface area contributed by atoms with Crippen LogP contribution in [-0.2, 0) is 11.2 Å². The number of nitrogens with one attached hydrogen (secondary N) is 1. The summed E-state index contributed by atoms with van der Waals surface area (Å²) in [6, 6.07) is 10.4. The Balaban J connectivity index is 1.30. The second-order valence-electron chi connectivity index (χ2n) is 8.44. The van der Waals surface area contributed by atoms with Crippen molar-refractivity contribution in [3.63, 3.8) is 0 Å². The van der Waals surface area contributed by atoms with Crippen molar-refractivity contribution >= 4 is 11.9 Å². The largest absolute Gasteiger partial charge is 0.326 e. The maximum Gasteiger partial charge on any atom is 0.326 e. The van der Waals surface area contributed by atoms with Crippen LogP contribution >= 0.6 is 0 Å². The lowest BCUT2D eigenvalue weighted by molar-refractivity contribution is -0.134. The van der Waals surface area contributed by atoms with Crippen LogP contribution in [-0.4, -0.2) is 72.1 Å². The molecule has 1 spiro atoms. The van der Waals surface area contributed by atoms with Gasteiger partial charge in [-0.25, -0.2) is 9.69 Å². The molecule has 0 aliphatic carbocycles. The first-order valence-corrected chi connectivity index (χ1v) is 10.1. The third kappa shape index (κ3) is 3.87. The van der Waals surface area contributed by atoms with Crippen molar-refractivity contribution in [2.75, 3.05) is 39.9 Å². The Labute approximate surface area is 161 Å². The van der Waals surface area contributed by atoms with Crippen molar-refractivity contribution < 1.29 is 9.59 Å². The quantitative estimate of drug-likeness (QED) is 0.823. The maximum absolute atomic E-state index is 13.0. The summed E-state index contributed by atoms with van der Waals surface area (Å²) < 4.78 is 0. The van der Waals surface area contributed by atoms with E-state index in [1.807, 2.05) is 0 Å². The Morgan fingerprint density at radius 3 is 2.37 bits per heavy atom. The van der Waals surface area contributed by atoms with Crippen molar-refractivity contribution in [1.29, 1.82) is 0 Å². The van der Waals surface area contributed by atoms with Crippen molar-refractivity contribution in [1.82, 2.24) is 20.0 Å². The van der Waals surface area contributed by atoms with E-state index in [4.69, 9.17) is 0 Å². The van der Waals surface area contributed by atoms with Gasteiger partial charge in [0.25, 0.3) is 5.91 Å². The van der Waals surface area contributed by atoms with E-state index in [9.17, 15) is 9.59 Å². The highest BCUT2D eigenvalue weighted by molar-refractivity contribution is 6.07. The predicted molar refractivity (Wildman–Crippen MR) is 104 cm³/mol. The molecule has 27 heavy (non-hydrogen) atoms. The van der Waals surface area contributed by atoms with E-state index in [2.05, 4.69) is 52.5 Å². The summed E-state index contributed by atoms with van der Waals surface area (Å²) in [4.78, 5) is 31.4. The minimum absolute atomic E-state index is 0.0213. The molecule has 0 aromatic heterocycles. The van der Waals surface area contributed by atoms with Crippen molar-refractivity contribution in [2.24, 2.45) is 5.92 Å². The van der Waals surface area contributed by atoms with Gasteiger partial charge in [0.2, 0.25) is 0 Å². The number of imide groups is 1. The second kappa shape index (κ2) is 7.60. The number of carbonyl (C=O) groups is 2. The van der Waals surface area contributed by atoms with Gasteiger partial charge in [-0.3, -0.25) is 9.69 Å². The molecule has 0 saturated carbocycles. The molecule has 3 amide bonds. The summed E-state index contributed by atoms with van der Waals surface area (Å²) in [5.41, 5.74) is 0.740. The molecule has 3 saturated heterocycles. The van der Waals surface area contributed by atoms with E-state index < -0.39 is 5.54 Å². The Kier molecular flexibility index (Phi) is 5.19. The SMILES string of the molecule is CN1CCC2(CC1)NC(=O)N(CN1CCC(Cc3ccccc3)CC1)C2=O. The van der Waals surface area contributed by atoms with E-state index in [-0.39, 0.29) is 11.9 Å². The zero-order chi connectivity index (χ0) is 18.9. The molecule has 146 valence electrons. The van der Waals surface area contributed by atoms with Crippen molar-refractivity contribution in [2.45, 2.75) is 37.6 Å². The number of urea groups is 1. The van der Waals surface area contributed by atoms with Gasteiger partial charge in [-0.2, -0.15) is 0 Å². The monoisotopic (exact) mass is 370 g/mol. The van der Waals surface area contributed by atoms with Crippen LogP contribution in [0.5, 0.6) is 0 Å². The average Bonchev–Trinajstić information content (AvgIpc) is 2.91. The molecular formula is C21H30N4O2. The number of amides is 3. The van der Waals surface area contributed by atoms with Crippen molar-refractivity contribution in [3.8, 4) is 0 Å². The first-order chi connectivity index (χ1) is 13.1. The summed E-state index contributed by atoms with van der Waals surface area (Å²) in [5, 5.41) is 3.00. The number of hydrogen-bond acceptors (Lipinski definition) is 4. The number of hydrogen-bond donors (Lipinski definition) is 1. The molecule has 0 unspecified atom stereocenters. The number of likely N-dealkylation sites (tertiary alicyclic amines) is 2. The Bertz CT molecular complexity index is 677. The van der Waals surface area contributed by atoms with Gasteiger partial charge in [0, 0.05) is 26.2 Å². The molecule has 1 aromatic carbocycles. The van der Waals surface area contributed by atoms with Crippen LogP contribution in [0.4, 0.5) is 4.79 Å². The molecule has 1 aromatic rings. The fraction of sp³-hybridized carbons (Fsp3) is 0.619. The number of nitrogens with zero attached hydrogens (tertiary/aromatic N) is 3. The van der Waals surface area contributed by atoms with Crippen molar-refractivity contribution in [3.05, 3.63) is 35.9 Å². The zero-order valence-corrected chi connectivity index (χ0v) is 16.2. The standard InChI is InChI=1S/C21H30N4O2/c1-23-13-9-21(10-14-23)19(26)25(20(27)22-21)16-24-11-7-18(8-12-24)15-17-5-3-2-4-6-17/h2-6,18H,7-16H2,1H3,(H,22,27). The maximum atomic E-state index is 13.0. The summed E-state index contributed by atoms with van der Waals surface area (Å²) in [6.07, 6.45) is 4.78. The highest BCUT2D eigenvalue weighted by Crippen LogP contribution is 2.30. The number of carbonyl (C=O) groups excluding carboxylic acids is 2. The molecule has 0 atom stereocenters. The van der Waals surface area contributed by atoms with E-state index >= 15 is 0 Å². The molecule has 4 rings (SSSR count). The van der Waals surface area contributed by atoms with Crippen LogP contribution in [0.25, 0.3) is 0 Å². The van der Waals surface area contributed by atoms with E-state index in [1.54, 1.807) is 0 Å². The minimum Gasteiger partial charge on any atom is -0.323 e. The van der Waals surface area contributed by atoms with Crippen LogP contribution in [0.3, 0.4) is 0 Å². The summed E-state index contributed by atoms with van der Waals surface area (Å²) in [7, 11) is 2.06. The molecular weight excluding hydrogens is 340 g/mol. The Morgan fingerprint density at radius 2 is 1.70 bits per heavy atom. The summed E-state index contributed by atoms with van der Waals surface area (Å²) >= 11 is 0. The first kappa shape index (κ1) is 18.4. The molecule has 6 heteroatoms. The fourth-order valence-electron chi connectivity index (χ4n) is 4.62. The van der Waals surface area contributed by atoms with Crippen LogP contribution in [0.2, 0.25) is 0 Å². The lowest BCUT2D eigenvalue weighted by Gasteiger charge is -2.36. The topological polar surface area (TPSA) is 55.9 Å². The van der Waals surface area contributed by atoms with Crippen LogP contribution in [0.1, 0.15) is 31.2 Å². The summed E-state index contributed by atoms with van der Waals surface area (Å²) in [6.45, 7) is 4.03. The number of benzene rings is 1. The van der Waals surface area contributed by atoms with E-state index in [1.165, 1.54) is 10.5 Å². The summed E-state index contributed by atoms with van der Waals surface area (Å²) in [5.74, 6) is 0.666. The van der Waals surface area contributed by atoms with E-state index in [0.717, 1.165) is 45.4 Å². The molecule has 3 fully saturated rings. The van der Waals surface area contributed by atoms with Gasteiger partial charge >= 0.3 is 6.03 Å². The van der Waals surface area contributed by atoms with E-state index in [0.29, 0.717) is 25.4 Å². The van der Waals surface area contributed by atoms with Gasteiger partial charge < -0.3 is 10.2 Å². The predicted octanol–water partition coefficient (Wildman–Crippen LogP) is 1.91. The zero-order valence-electron chi connectivity index (χ0n) is 16.2. The molecule has 0 radical (unpaired) electrons. The number of rotatable bonds is 4. The molecule has 3 heterocycles. The van der Waals surface area contributed by atoms with Crippen LogP contribution < -0.4 is 5.32 Å². The highest BCUT2D eigenvalue weighted by atomic mass is 16.2.